The van der Waals surface area contributed by atoms with Crippen LogP contribution in [-0.4, -0.2) is 31.1 Å². The normalized spacial score (nSPS) is 15.4. The minimum atomic E-state index is 0.526. The standard InChI is InChI=1S/C12H17ClN2O/c1-15(9-5-6-9)7-8-16-11-4-2-3-10(13)12(11)14/h2-4,9H,5-8,14H2,1H3. The molecule has 0 saturated heterocycles. The zero-order valence-electron chi connectivity index (χ0n) is 9.45. The number of halogens is 1. The first-order valence-electron chi connectivity index (χ1n) is 5.55. The Morgan fingerprint density at radius 1 is 1.50 bits per heavy atom. The molecule has 0 unspecified atom stereocenters. The predicted molar refractivity (Wildman–Crippen MR) is 67.0 cm³/mol. The summed E-state index contributed by atoms with van der Waals surface area (Å²) in [5, 5.41) is 0.549. The summed E-state index contributed by atoms with van der Waals surface area (Å²) in [6, 6.07) is 6.22. The molecule has 1 aliphatic carbocycles. The lowest BCUT2D eigenvalue weighted by Crippen LogP contribution is -2.26. The molecule has 1 saturated carbocycles. The quantitative estimate of drug-likeness (QED) is 0.804. The average Bonchev–Trinajstić information content (AvgIpc) is 3.07. The van der Waals surface area contributed by atoms with Crippen LogP contribution in [0.4, 0.5) is 5.69 Å². The van der Waals surface area contributed by atoms with Gasteiger partial charge in [-0.2, -0.15) is 0 Å². The van der Waals surface area contributed by atoms with Crippen LogP contribution in [0.5, 0.6) is 5.75 Å². The molecule has 1 aromatic rings. The van der Waals surface area contributed by atoms with Crippen LogP contribution in [-0.2, 0) is 0 Å². The van der Waals surface area contributed by atoms with Crippen LogP contribution in [0, 0.1) is 0 Å². The Bertz CT molecular complexity index is 366. The zero-order valence-corrected chi connectivity index (χ0v) is 10.2. The highest BCUT2D eigenvalue weighted by Gasteiger charge is 2.25. The van der Waals surface area contributed by atoms with Crippen molar-refractivity contribution in [1.29, 1.82) is 0 Å². The zero-order chi connectivity index (χ0) is 11.5. The maximum atomic E-state index is 5.90. The van der Waals surface area contributed by atoms with Crippen LogP contribution < -0.4 is 10.5 Å². The highest BCUT2D eigenvalue weighted by molar-refractivity contribution is 6.33. The van der Waals surface area contributed by atoms with E-state index in [2.05, 4.69) is 11.9 Å². The van der Waals surface area contributed by atoms with Gasteiger partial charge in [0.05, 0.1) is 10.7 Å². The molecule has 16 heavy (non-hydrogen) atoms. The lowest BCUT2D eigenvalue weighted by Gasteiger charge is -2.16. The van der Waals surface area contributed by atoms with Crippen LogP contribution in [0.25, 0.3) is 0 Å². The lowest BCUT2D eigenvalue weighted by atomic mass is 10.3. The van der Waals surface area contributed by atoms with Crippen molar-refractivity contribution in [1.82, 2.24) is 4.90 Å². The molecular weight excluding hydrogens is 224 g/mol. The number of hydrogen-bond donors (Lipinski definition) is 1. The van der Waals surface area contributed by atoms with Gasteiger partial charge < -0.3 is 15.4 Å². The number of ether oxygens (including phenoxy) is 1. The summed E-state index contributed by atoms with van der Waals surface area (Å²) in [6.45, 7) is 1.58. The number of rotatable bonds is 5. The van der Waals surface area contributed by atoms with Crippen LogP contribution in [0.15, 0.2) is 18.2 Å². The number of nitrogen functional groups attached to an aromatic ring is 1. The highest BCUT2D eigenvalue weighted by atomic mass is 35.5. The maximum absolute atomic E-state index is 5.90. The van der Waals surface area contributed by atoms with Gasteiger partial charge in [0.15, 0.2) is 0 Å². The summed E-state index contributed by atoms with van der Waals surface area (Å²) in [7, 11) is 2.13. The van der Waals surface area contributed by atoms with E-state index in [9.17, 15) is 0 Å². The van der Waals surface area contributed by atoms with E-state index in [0.717, 1.165) is 12.6 Å². The van der Waals surface area contributed by atoms with E-state index in [-0.39, 0.29) is 0 Å². The molecule has 88 valence electrons. The van der Waals surface area contributed by atoms with Crippen molar-refractivity contribution in [3.63, 3.8) is 0 Å². The molecular formula is C12H17ClN2O. The molecule has 0 amide bonds. The van der Waals surface area contributed by atoms with E-state index >= 15 is 0 Å². The third kappa shape index (κ3) is 2.80. The van der Waals surface area contributed by atoms with Crippen LogP contribution >= 0.6 is 11.6 Å². The number of anilines is 1. The van der Waals surface area contributed by atoms with Gasteiger partial charge in [-0.1, -0.05) is 17.7 Å². The number of nitrogens with zero attached hydrogens (tertiary/aromatic N) is 1. The summed E-state index contributed by atoms with van der Waals surface area (Å²) in [4.78, 5) is 2.32. The minimum absolute atomic E-state index is 0.526. The average molecular weight is 241 g/mol. The Kier molecular flexibility index (Phi) is 3.56. The molecule has 0 heterocycles. The molecule has 1 aromatic carbocycles. The number of nitrogens with two attached hydrogens (primary N) is 1. The van der Waals surface area contributed by atoms with E-state index in [0.29, 0.717) is 23.1 Å². The molecule has 0 radical (unpaired) electrons. The van der Waals surface area contributed by atoms with E-state index < -0.39 is 0 Å². The van der Waals surface area contributed by atoms with Crippen molar-refractivity contribution in [3.05, 3.63) is 23.2 Å². The van der Waals surface area contributed by atoms with E-state index in [4.69, 9.17) is 22.1 Å². The van der Waals surface area contributed by atoms with Gasteiger partial charge in [0, 0.05) is 12.6 Å². The highest BCUT2D eigenvalue weighted by Crippen LogP contribution is 2.29. The van der Waals surface area contributed by atoms with Gasteiger partial charge in [-0.25, -0.2) is 0 Å². The van der Waals surface area contributed by atoms with Gasteiger partial charge in [0.25, 0.3) is 0 Å². The summed E-state index contributed by atoms with van der Waals surface area (Å²) < 4.78 is 5.62. The van der Waals surface area contributed by atoms with Crippen molar-refractivity contribution in [2.24, 2.45) is 0 Å². The molecule has 0 atom stereocenters. The predicted octanol–water partition coefficient (Wildman–Crippen LogP) is 2.40. The Labute approximate surface area is 101 Å². The fourth-order valence-electron chi connectivity index (χ4n) is 1.64. The van der Waals surface area contributed by atoms with Crippen molar-refractivity contribution in [2.45, 2.75) is 18.9 Å². The fraction of sp³-hybridized carbons (Fsp3) is 0.500. The van der Waals surface area contributed by atoms with E-state index in [1.807, 2.05) is 12.1 Å². The minimum Gasteiger partial charge on any atom is -0.490 e. The number of para-hydroxylation sites is 1. The Morgan fingerprint density at radius 2 is 2.25 bits per heavy atom. The number of benzene rings is 1. The Balaban J connectivity index is 1.82. The third-order valence-electron chi connectivity index (χ3n) is 2.88. The first-order valence-corrected chi connectivity index (χ1v) is 5.93. The second-order valence-corrected chi connectivity index (χ2v) is 4.62. The molecule has 0 aromatic heterocycles. The summed E-state index contributed by atoms with van der Waals surface area (Å²) >= 11 is 5.90. The Hall–Kier alpha value is -0.930. The van der Waals surface area contributed by atoms with Gasteiger partial charge in [-0.3, -0.25) is 0 Å². The van der Waals surface area contributed by atoms with Crippen LogP contribution in [0.2, 0.25) is 5.02 Å². The van der Waals surface area contributed by atoms with Gasteiger partial charge in [0.2, 0.25) is 0 Å². The summed E-state index contributed by atoms with van der Waals surface area (Å²) in [5.74, 6) is 0.677. The molecule has 0 bridgehead atoms. The van der Waals surface area contributed by atoms with Gasteiger partial charge in [0.1, 0.15) is 12.4 Å². The largest absolute Gasteiger partial charge is 0.490 e. The first kappa shape index (κ1) is 11.6. The van der Waals surface area contributed by atoms with Gasteiger partial charge in [-0.05, 0) is 32.0 Å². The van der Waals surface area contributed by atoms with Crippen molar-refractivity contribution < 1.29 is 4.74 Å². The second-order valence-electron chi connectivity index (χ2n) is 4.21. The van der Waals surface area contributed by atoms with Crippen LogP contribution in [0.1, 0.15) is 12.8 Å². The fourth-order valence-corrected chi connectivity index (χ4v) is 1.81. The molecule has 2 N–H and O–H groups in total. The molecule has 1 aliphatic rings. The van der Waals surface area contributed by atoms with E-state index in [1.54, 1.807) is 6.07 Å². The molecule has 0 spiro atoms. The molecule has 1 fully saturated rings. The Morgan fingerprint density at radius 3 is 2.94 bits per heavy atom. The van der Waals surface area contributed by atoms with Crippen molar-refractivity contribution >= 4 is 17.3 Å². The SMILES string of the molecule is CN(CCOc1cccc(Cl)c1N)C1CC1. The lowest BCUT2D eigenvalue weighted by molar-refractivity contribution is 0.232. The maximum Gasteiger partial charge on any atom is 0.143 e. The second kappa shape index (κ2) is 4.93. The number of hydrogen-bond acceptors (Lipinski definition) is 3. The monoisotopic (exact) mass is 240 g/mol. The van der Waals surface area contributed by atoms with Crippen molar-refractivity contribution in [3.8, 4) is 5.75 Å². The smallest absolute Gasteiger partial charge is 0.143 e. The first-order chi connectivity index (χ1) is 7.68. The van der Waals surface area contributed by atoms with E-state index in [1.165, 1.54) is 12.8 Å². The molecule has 0 aliphatic heterocycles. The van der Waals surface area contributed by atoms with Gasteiger partial charge >= 0.3 is 0 Å². The molecule has 4 heteroatoms. The molecule has 2 rings (SSSR count). The topological polar surface area (TPSA) is 38.5 Å². The number of likely N-dealkylation sites (N-methyl/N-ethyl adjacent to an activating group) is 1. The summed E-state index contributed by atoms with van der Waals surface area (Å²) in [5.41, 5.74) is 6.33. The third-order valence-corrected chi connectivity index (χ3v) is 3.21. The van der Waals surface area contributed by atoms with Gasteiger partial charge in [-0.15, -0.1) is 0 Å². The van der Waals surface area contributed by atoms with Crippen molar-refractivity contribution in [2.75, 3.05) is 25.9 Å². The molecule has 3 nitrogen and oxygen atoms in total. The summed E-state index contributed by atoms with van der Waals surface area (Å²) in [6.07, 6.45) is 2.63. The van der Waals surface area contributed by atoms with Crippen LogP contribution in [0.3, 0.4) is 0 Å².